The molecule has 1 aliphatic heterocycles. The minimum Gasteiger partial charge on any atom is -0.454 e. The molecule has 0 N–H and O–H groups in total. The van der Waals surface area contributed by atoms with Crippen molar-refractivity contribution in [2.75, 3.05) is 6.79 Å². The molecule has 0 aliphatic carbocycles. The summed E-state index contributed by atoms with van der Waals surface area (Å²) in [5.41, 5.74) is 2.62. The predicted molar refractivity (Wildman–Crippen MR) is 74.6 cm³/mol. The molecule has 0 spiro atoms. The average Bonchev–Trinajstić information content (AvgIpc) is 3.23. The van der Waals surface area contributed by atoms with E-state index in [0.717, 1.165) is 28.3 Å². The van der Waals surface area contributed by atoms with E-state index in [4.69, 9.17) is 18.5 Å². The second-order valence-electron chi connectivity index (χ2n) is 5.06. The van der Waals surface area contributed by atoms with Crippen molar-refractivity contribution in [3.05, 3.63) is 41.1 Å². The van der Waals surface area contributed by atoms with Crippen molar-refractivity contribution in [1.82, 2.24) is 15.3 Å². The Morgan fingerprint density at radius 2 is 1.91 bits per heavy atom. The molecule has 22 heavy (non-hydrogen) atoms. The van der Waals surface area contributed by atoms with Crippen molar-refractivity contribution in [1.29, 1.82) is 0 Å². The Balaban J connectivity index is 1.61. The smallest absolute Gasteiger partial charge is 0.231 e. The molecule has 3 heterocycles. The molecule has 3 aromatic rings. The number of aryl methyl sites for hydroxylation is 2. The molecular weight excluding hydrogens is 286 g/mol. The highest BCUT2D eigenvalue weighted by Gasteiger charge is 2.18. The first-order valence-corrected chi connectivity index (χ1v) is 6.85. The van der Waals surface area contributed by atoms with E-state index < -0.39 is 0 Å². The molecule has 0 unspecified atom stereocenters. The minimum atomic E-state index is 0.238. The maximum atomic E-state index is 5.36. The minimum absolute atomic E-state index is 0.238. The van der Waals surface area contributed by atoms with Gasteiger partial charge in [0.2, 0.25) is 18.5 Å². The second kappa shape index (κ2) is 4.87. The SMILES string of the molecule is Cc1noc(C)c1Cc1nc(-c2ccc3c(c2)OCO3)no1. The van der Waals surface area contributed by atoms with Crippen molar-refractivity contribution in [2.24, 2.45) is 0 Å². The number of hydrogen-bond acceptors (Lipinski definition) is 7. The molecule has 0 saturated heterocycles. The molecular formula is C15H13N3O4. The molecule has 112 valence electrons. The van der Waals surface area contributed by atoms with Gasteiger partial charge in [0.1, 0.15) is 5.76 Å². The topological polar surface area (TPSA) is 83.4 Å². The van der Waals surface area contributed by atoms with E-state index in [-0.39, 0.29) is 6.79 Å². The van der Waals surface area contributed by atoms with Crippen LogP contribution in [-0.2, 0) is 6.42 Å². The zero-order chi connectivity index (χ0) is 15.1. The van der Waals surface area contributed by atoms with Crippen LogP contribution in [0.4, 0.5) is 0 Å². The number of aromatic nitrogens is 3. The summed E-state index contributed by atoms with van der Waals surface area (Å²) in [5, 5.41) is 7.94. The number of fused-ring (bicyclic) bond motifs is 1. The van der Waals surface area contributed by atoms with Crippen LogP contribution in [0, 0.1) is 13.8 Å². The third-order valence-corrected chi connectivity index (χ3v) is 3.61. The maximum Gasteiger partial charge on any atom is 0.231 e. The van der Waals surface area contributed by atoms with Crippen molar-refractivity contribution in [2.45, 2.75) is 20.3 Å². The molecule has 1 aromatic carbocycles. The fourth-order valence-electron chi connectivity index (χ4n) is 2.39. The lowest BCUT2D eigenvalue weighted by molar-refractivity contribution is 0.174. The summed E-state index contributed by atoms with van der Waals surface area (Å²) in [6.45, 7) is 3.99. The van der Waals surface area contributed by atoms with Gasteiger partial charge < -0.3 is 18.5 Å². The molecule has 0 saturated carbocycles. The lowest BCUT2D eigenvalue weighted by Gasteiger charge is -1.97. The van der Waals surface area contributed by atoms with E-state index in [9.17, 15) is 0 Å². The van der Waals surface area contributed by atoms with Gasteiger partial charge in [-0.25, -0.2) is 0 Å². The highest BCUT2D eigenvalue weighted by atomic mass is 16.7. The van der Waals surface area contributed by atoms with Crippen molar-refractivity contribution in [3.8, 4) is 22.9 Å². The third kappa shape index (κ3) is 2.11. The fourth-order valence-corrected chi connectivity index (χ4v) is 2.39. The summed E-state index contributed by atoms with van der Waals surface area (Å²) < 4.78 is 21.1. The lowest BCUT2D eigenvalue weighted by Crippen LogP contribution is -1.93. The molecule has 7 nitrogen and oxygen atoms in total. The molecule has 4 rings (SSSR count). The third-order valence-electron chi connectivity index (χ3n) is 3.61. The Morgan fingerprint density at radius 3 is 2.73 bits per heavy atom. The average molecular weight is 299 g/mol. The molecule has 0 fully saturated rings. The van der Waals surface area contributed by atoms with Crippen LogP contribution in [0.15, 0.2) is 27.2 Å². The highest BCUT2D eigenvalue weighted by Crippen LogP contribution is 2.35. The van der Waals surface area contributed by atoms with Gasteiger partial charge in [0.25, 0.3) is 0 Å². The van der Waals surface area contributed by atoms with Crippen molar-refractivity contribution in [3.63, 3.8) is 0 Å². The molecule has 7 heteroatoms. The summed E-state index contributed by atoms with van der Waals surface area (Å²) in [7, 11) is 0. The van der Waals surface area contributed by atoms with Crippen LogP contribution in [0.2, 0.25) is 0 Å². The van der Waals surface area contributed by atoms with Gasteiger partial charge in [-0.05, 0) is 32.0 Å². The predicted octanol–water partition coefficient (Wildman–Crippen LogP) is 2.66. The normalized spacial score (nSPS) is 12.8. The van der Waals surface area contributed by atoms with Crippen LogP contribution in [0.3, 0.4) is 0 Å². The summed E-state index contributed by atoms with van der Waals surface area (Å²) in [4.78, 5) is 4.42. The van der Waals surface area contributed by atoms with Gasteiger partial charge in [0.15, 0.2) is 11.5 Å². The fraction of sp³-hybridized carbons (Fsp3) is 0.267. The van der Waals surface area contributed by atoms with Gasteiger partial charge in [0, 0.05) is 11.1 Å². The standard InChI is InChI=1S/C15H13N3O4/c1-8-11(9(2)21-17-8)6-14-16-15(18-22-14)10-3-4-12-13(5-10)20-7-19-12/h3-5H,6-7H2,1-2H3. The van der Waals surface area contributed by atoms with Crippen LogP contribution in [0.25, 0.3) is 11.4 Å². The van der Waals surface area contributed by atoms with Crippen LogP contribution in [0.1, 0.15) is 22.9 Å². The molecule has 2 aromatic heterocycles. The first kappa shape index (κ1) is 12.9. The highest BCUT2D eigenvalue weighted by molar-refractivity contribution is 5.61. The van der Waals surface area contributed by atoms with E-state index in [2.05, 4.69) is 15.3 Å². The maximum absolute atomic E-state index is 5.36. The second-order valence-corrected chi connectivity index (χ2v) is 5.06. The van der Waals surface area contributed by atoms with E-state index in [1.807, 2.05) is 32.0 Å². The van der Waals surface area contributed by atoms with Gasteiger partial charge in [-0.15, -0.1) is 0 Å². The van der Waals surface area contributed by atoms with Crippen molar-refractivity contribution >= 4 is 0 Å². The van der Waals surface area contributed by atoms with E-state index in [0.29, 0.717) is 23.9 Å². The molecule has 0 radical (unpaired) electrons. The van der Waals surface area contributed by atoms with E-state index in [1.165, 1.54) is 0 Å². The first-order chi connectivity index (χ1) is 10.7. The monoisotopic (exact) mass is 299 g/mol. The van der Waals surface area contributed by atoms with Crippen LogP contribution >= 0.6 is 0 Å². The Morgan fingerprint density at radius 1 is 1.05 bits per heavy atom. The summed E-state index contributed by atoms with van der Waals surface area (Å²) >= 11 is 0. The van der Waals surface area contributed by atoms with E-state index >= 15 is 0 Å². The summed E-state index contributed by atoms with van der Waals surface area (Å²) in [6, 6.07) is 5.55. The van der Waals surface area contributed by atoms with Gasteiger partial charge in [-0.2, -0.15) is 4.98 Å². The largest absolute Gasteiger partial charge is 0.454 e. The van der Waals surface area contributed by atoms with Crippen LogP contribution < -0.4 is 9.47 Å². The number of rotatable bonds is 3. The van der Waals surface area contributed by atoms with Crippen LogP contribution in [-0.4, -0.2) is 22.1 Å². The van der Waals surface area contributed by atoms with E-state index in [1.54, 1.807) is 0 Å². The molecule has 0 bridgehead atoms. The van der Waals surface area contributed by atoms with Crippen LogP contribution in [0.5, 0.6) is 11.5 Å². The number of nitrogens with zero attached hydrogens (tertiary/aromatic N) is 3. The Hall–Kier alpha value is -2.83. The molecule has 1 aliphatic rings. The zero-order valence-corrected chi connectivity index (χ0v) is 12.1. The Kier molecular flexibility index (Phi) is 2.85. The van der Waals surface area contributed by atoms with Gasteiger partial charge >= 0.3 is 0 Å². The Labute approximate surface area is 125 Å². The van der Waals surface area contributed by atoms with Gasteiger partial charge in [0.05, 0.1) is 12.1 Å². The van der Waals surface area contributed by atoms with Gasteiger partial charge in [-0.1, -0.05) is 10.3 Å². The first-order valence-electron chi connectivity index (χ1n) is 6.85. The zero-order valence-electron chi connectivity index (χ0n) is 12.1. The summed E-state index contributed by atoms with van der Waals surface area (Å²) in [6.07, 6.45) is 0.499. The number of hydrogen-bond donors (Lipinski definition) is 0. The Bertz CT molecular complexity index is 818. The number of ether oxygens (including phenoxy) is 2. The lowest BCUT2D eigenvalue weighted by atomic mass is 10.1. The van der Waals surface area contributed by atoms with Crippen molar-refractivity contribution < 1.29 is 18.5 Å². The van der Waals surface area contributed by atoms with Gasteiger partial charge in [-0.3, -0.25) is 0 Å². The quantitative estimate of drug-likeness (QED) is 0.735. The number of benzene rings is 1. The molecule has 0 atom stereocenters. The molecule has 0 amide bonds. The summed E-state index contributed by atoms with van der Waals surface area (Å²) in [5.74, 6) is 3.21.